The van der Waals surface area contributed by atoms with Crippen molar-refractivity contribution in [3.63, 3.8) is 0 Å². The van der Waals surface area contributed by atoms with Gasteiger partial charge in [-0.25, -0.2) is 0 Å². The summed E-state index contributed by atoms with van der Waals surface area (Å²) in [7, 11) is 0. The van der Waals surface area contributed by atoms with Crippen LogP contribution in [-0.4, -0.2) is 40.7 Å². The molecule has 0 saturated carbocycles. The highest BCUT2D eigenvalue weighted by Gasteiger charge is 2.34. The van der Waals surface area contributed by atoms with Gasteiger partial charge in [0.1, 0.15) is 0 Å². The molecule has 152 valence electrons. The van der Waals surface area contributed by atoms with E-state index in [2.05, 4.69) is 5.32 Å². The van der Waals surface area contributed by atoms with Crippen molar-refractivity contribution in [3.05, 3.63) is 70.2 Å². The summed E-state index contributed by atoms with van der Waals surface area (Å²) in [6, 6.07) is 14.4. The number of fused-ring (bicyclic) bond motifs is 1. The molecule has 1 aliphatic heterocycles. The van der Waals surface area contributed by atoms with E-state index in [0.717, 1.165) is 29.9 Å². The van der Waals surface area contributed by atoms with Crippen molar-refractivity contribution in [1.29, 1.82) is 0 Å². The second-order valence-corrected chi connectivity index (χ2v) is 8.38. The maximum Gasteiger partial charge on any atom is 0.261 e. The van der Waals surface area contributed by atoms with Crippen LogP contribution in [0.15, 0.2) is 48.5 Å². The van der Waals surface area contributed by atoms with Gasteiger partial charge in [-0.05, 0) is 42.4 Å². The van der Waals surface area contributed by atoms with Gasteiger partial charge in [0.15, 0.2) is 0 Å². The van der Waals surface area contributed by atoms with Gasteiger partial charge in [0.05, 0.1) is 11.1 Å². The molecule has 3 amide bonds. The number of nitrogens with zero attached hydrogens (tertiary/aromatic N) is 1. The Bertz CT molecular complexity index is 868. The van der Waals surface area contributed by atoms with Crippen LogP contribution in [0.3, 0.4) is 0 Å². The molecular formula is C22H23ClN2O3S. The van der Waals surface area contributed by atoms with E-state index in [1.165, 1.54) is 4.90 Å². The fourth-order valence-electron chi connectivity index (χ4n) is 3.11. The van der Waals surface area contributed by atoms with Crippen molar-refractivity contribution in [2.45, 2.75) is 25.8 Å². The zero-order chi connectivity index (χ0) is 20.6. The number of benzene rings is 2. The molecule has 7 heteroatoms. The van der Waals surface area contributed by atoms with E-state index in [1.807, 2.05) is 18.2 Å². The van der Waals surface area contributed by atoms with Gasteiger partial charge in [-0.15, -0.1) is 0 Å². The monoisotopic (exact) mass is 430 g/mol. The highest BCUT2D eigenvalue weighted by molar-refractivity contribution is 7.99. The number of carbonyl (C=O) groups excluding carboxylic acids is 3. The minimum Gasteiger partial charge on any atom is -0.352 e. The first-order chi connectivity index (χ1) is 14.1. The number of unbranched alkanes of at least 4 members (excludes halogenated alkanes) is 1. The number of imide groups is 1. The van der Waals surface area contributed by atoms with E-state index in [4.69, 9.17) is 11.6 Å². The second kappa shape index (κ2) is 10.5. The molecule has 1 heterocycles. The minimum absolute atomic E-state index is 0.00319. The average Bonchev–Trinajstić information content (AvgIpc) is 2.97. The summed E-state index contributed by atoms with van der Waals surface area (Å²) in [5.74, 6) is 1.23. The van der Waals surface area contributed by atoms with Gasteiger partial charge in [0, 0.05) is 30.3 Å². The van der Waals surface area contributed by atoms with Crippen molar-refractivity contribution < 1.29 is 14.4 Å². The third kappa shape index (κ3) is 5.61. The summed E-state index contributed by atoms with van der Waals surface area (Å²) in [5, 5.41) is 3.53. The molecular weight excluding hydrogens is 408 g/mol. The number of halogens is 1. The Kier molecular flexibility index (Phi) is 7.72. The van der Waals surface area contributed by atoms with Gasteiger partial charge in [0.25, 0.3) is 11.8 Å². The summed E-state index contributed by atoms with van der Waals surface area (Å²) >= 11 is 7.78. The SMILES string of the molecule is O=C(CCSCCCCN1C(=O)c2ccccc2C1=O)NCc1ccccc1Cl. The maximum absolute atomic E-state index is 12.3. The third-order valence-electron chi connectivity index (χ3n) is 4.71. The van der Waals surface area contributed by atoms with Crippen LogP contribution in [0, 0.1) is 0 Å². The maximum atomic E-state index is 12.3. The number of carbonyl (C=O) groups is 3. The molecule has 2 aromatic carbocycles. The number of thioether (sulfide) groups is 1. The molecule has 0 bridgehead atoms. The summed E-state index contributed by atoms with van der Waals surface area (Å²) in [6.45, 7) is 0.870. The van der Waals surface area contributed by atoms with Crippen LogP contribution in [-0.2, 0) is 11.3 Å². The molecule has 1 aliphatic rings. The first kappa shape index (κ1) is 21.4. The molecule has 0 fully saturated rings. The van der Waals surface area contributed by atoms with Crippen LogP contribution in [0.1, 0.15) is 45.5 Å². The largest absolute Gasteiger partial charge is 0.352 e. The van der Waals surface area contributed by atoms with Crippen molar-refractivity contribution in [1.82, 2.24) is 10.2 Å². The van der Waals surface area contributed by atoms with Crippen LogP contribution in [0.5, 0.6) is 0 Å². The Balaban J connectivity index is 1.26. The number of rotatable bonds is 10. The zero-order valence-corrected chi connectivity index (χ0v) is 17.6. The molecule has 0 aromatic heterocycles. The smallest absolute Gasteiger partial charge is 0.261 e. The lowest BCUT2D eigenvalue weighted by Crippen LogP contribution is -2.30. The quantitative estimate of drug-likeness (QED) is 0.454. The molecule has 0 atom stereocenters. The Labute approximate surface area is 179 Å². The van der Waals surface area contributed by atoms with Crippen LogP contribution in [0.2, 0.25) is 5.02 Å². The number of amides is 3. The Morgan fingerprint density at radius 3 is 2.28 bits per heavy atom. The highest BCUT2D eigenvalue weighted by Crippen LogP contribution is 2.22. The third-order valence-corrected chi connectivity index (χ3v) is 6.14. The van der Waals surface area contributed by atoms with Gasteiger partial charge >= 0.3 is 0 Å². The van der Waals surface area contributed by atoms with Crippen LogP contribution >= 0.6 is 23.4 Å². The van der Waals surface area contributed by atoms with E-state index in [1.54, 1.807) is 42.1 Å². The highest BCUT2D eigenvalue weighted by atomic mass is 35.5. The van der Waals surface area contributed by atoms with E-state index in [9.17, 15) is 14.4 Å². The van der Waals surface area contributed by atoms with E-state index in [0.29, 0.717) is 35.7 Å². The van der Waals surface area contributed by atoms with Crippen LogP contribution in [0.4, 0.5) is 0 Å². The molecule has 2 aromatic rings. The van der Waals surface area contributed by atoms with Gasteiger partial charge in [0.2, 0.25) is 5.91 Å². The lowest BCUT2D eigenvalue weighted by molar-refractivity contribution is -0.120. The fourth-order valence-corrected chi connectivity index (χ4v) is 4.25. The van der Waals surface area contributed by atoms with Crippen molar-refractivity contribution in [2.24, 2.45) is 0 Å². The van der Waals surface area contributed by atoms with Crippen LogP contribution in [0.25, 0.3) is 0 Å². The predicted octanol–water partition coefficient (Wildman–Crippen LogP) is 4.16. The van der Waals surface area contributed by atoms with Crippen molar-refractivity contribution >= 4 is 41.1 Å². The fraction of sp³-hybridized carbons (Fsp3) is 0.318. The summed E-state index contributed by atoms with van der Waals surface area (Å²) in [4.78, 5) is 37.8. The topological polar surface area (TPSA) is 66.5 Å². The second-order valence-electron chi connectivity index (χ2n) is 6.75. The Morgan fingerprint density at radius 1 is 0.931 bits per heavy atom. The van der Waals surface area contributed by atoms with Crippen molar-refractivity contribution in [2.75, 3.05) is 18.1 Å². The number of nitrogens with one attached hydrogen (secondary N) is 1. The molecule has 0 aliphatic carbocycles. The minimum atomic E-state index is -0.201. The molecule has 0 spiro atoms. The summed E-state index contributed by atoms with van der Waals surface area (Å²) in [5.41, 5.74) is 1.90. The summed E-state index contributed by atoms with van der Waals surface area (Å²) < 4.78 is 0. The number of hydrogen-bond donors (Lipinski definition) is 1. The van der Waals surface area contributed by atoms with Gasteiger partial charge in [-0.1, -0.05) is 41.9 Å². The number of hydrogen-bond acceptors (Lipinski definition) is 4. The zero-order valence-electron chi connectivity index (χ0n) is 16.0. The van der Waals surface area contributed by atoms with Crippen molar-refractivity contribution in [3.8, 4) is 0 Å². The lowest BCUT2D eigenvalue weighted by atomic mass is 10.1. The molecule has 0 saturated heterocycles. The first-order valence-corrected chi connectivity index (χ1v) is 11.1. The van der Waals surface area contributed by atoms with E-state index in [-0.39, 0.29) is 17.7 Å². The standard InChI is InChI=1S/C22H23ClN2O3S/c23-19-10-4-1-7-16(19)15-24-20(26)11-14-29-13-6-5-12-25-21(27)17-8-2-3-9-18(17)22(25)28/h1-4,7-10H,5-6,11-15H2,(H,24,26). The molecule has 0 radical (unpaired) electrons. The lowest BCUT2D eigenvalue weighted by Gasteiger charge is -2.13. The van der Waals surface area contributed by atoms with Crippen LogP contribution < -0.4 is 5.32 Å². The van der Waals surface area contributed by atoms with E-state index >= 15 is 0 Å². The molecule has 0 unspecified atom stereocenters. The predicted molar refractivity (Wildman–Crippen MR) is 116 cm³/mol. The molecule has 1 N–H and O–H groups in total. The van der Waals surface area contributed by atoms with Gasteiger partial charge < -0.3 is 5.32 Å². The average molecular weight is 431 g/mol. The Hall–Kier alpha value is -2.31. The van der Waals surface area contributed by atoms with E-state index < -0.39 is 0 Å². The Morgan fingerprint density at radius 2 is 1.59 bits per heavy atom. The first-order valence-electron chi connectivity index (χ1n) is 9.61. The van der Waals surface area contributed by atoms with Gasteiger partial charge in [-0.3, -0.25) is 19.3 Å². The molecule has 3 rings (SSSR count). The van der Waals surface area contributed by atoms with Gasteiger partial charge in [-0.2, -0.15) is 11.8 Å². The molecule has 5 nitrogen and oxygen atoms in total. The normalized spacial score (nSPS) is 12.9. The molecule has 29 heavy (non-hydrogen) atoms. The summed E-state index contributed by atoms with van der Waals surface area (Å²) in [6.07, 6.45) is 2.10.